The first-order valence-corrected chi connectivity index (χ1v) is 25.0. The number of ether oxygens (including phenoxy) is 5. The summed E-state index contributed by atoms with van der Waals surface area (Å²) < 4.78 is 31.6. The van der Waals surface area contributed by atoms with Crippen LogP contribution in [0.2, 0.25) is 0 Å². The molecule has 384 valence electrons. The first-order valence-electron chi connectivity index (χ1n) is 25.0. The van der Waals surface area contributed by atoms with Crippen LogP contribution in [-0.2, 0) is 47.7 Å². The quantitative estimate of drug-likeness (QED) is 0.235. The van der Waals surface area contributed by atoms with Crippen LogP contribution in [0.5, 0.6) is 0 Å². The zero-order valence-corrected chi connectivity index (χ0v) is 42.5. The number of ketones is 3. The van der Waals surface area contributed by atoms with Crippen molar-refractivity contribution in [3.63, 3.8) is 0 Å². The highest BCUT2D eigenvalue weighted by atomic mass is 16.6. The molecule has 69 heavy (non-hydrogen) atoms. The number of piperidine rings is 1. The average molecular weight is 966 g/mol. The number of carbonyl (C=O) groups is 5. The molecule has 1 amide bonds. The number of allylic oxidation sites excluding steroid dienone is 6. The Balaban J connectivity index is 1.46. The lowest BCUT2D eigenvalue weighted by atomic mass is 9.77. The lowest BCUT2D eigenvalue weighted by Gasteiger charge is -2.42. The second kappa shape index (κ2) is 25.7. The molecule has 17 heteroatoms. The molecule has 0 radical (unpaired) electrons. The van der Waals surface area contributed by atoms with Crippen LogP contribution in [0.15, 0.2) is 53.9 Å². The molecule has 17 nitrogen and oxygen atoms in total. The Morgan fingerprint density at radius 1 is 0.899 bits per heavy atom. The first kappa shape index (κ1) is 55.7. The molecular formula is C52H79N5O12. The summed E-state index contributed by atoms with van der Waals surface area (Å²) in [6, 6.07) is -1.20. The molecular weight excluding hydrogens is 887 g/mol. The van der Waals surface area contributed by atoms with Crippen molar-refractivity contribution in [3.05, 3.63) is 53.9 Å². The predicted octanol–water partition coefficient (Wildman–Crippen LogP) is 6.05. The van der Waals surface area contributed by atoms with Gasteiger partial charge in [-0.05, 0) is 117 Å². The van der Waals surface area contributed by atoms with Gasteiger partial charge in [-0.15, -0.1) is 5.10 Å². The van der Waals surface area contributed by atoms with E-state index >= 15 is 0 Å². The monoisotopic (exact) mass is 966 g/mol. The largest absolute Gasteiger partial charge is 0.460 e. The van der Waals surface area contributed by atoms with Gasteiger partial charge in [0.25, 0.3) is 11.7 Å². The fourth-order valence-corrected chi connectivity index (χ4v) is 10.8. The zero-order valence-electron chi connectivity index (χ0n) is 42.5. The van der Waals surface area contributed by atoms with Crippen molar-refractivity contribution in [1.82, 2.24) is 25.1 Å². The molecule has 2 bridgehead atoms. The van der Waals surface area contributed by atoms with E-state index in [0.29, 0.717) is 56.9 Å². The number of nitrogens with zero attached hydrogens (tertiary/aromatic N) is 5. The van der Waals surface area contributed by atoms with Crippen molar-refractivity contribution < 1.29 is 57.9 Å². The van der Waals surface area contributed by atoms with Gasteiger partial charge in [0.15, 0.2) is 11.6 Å². The number of hydrogen-bond donors (Lipinski definition) is 2. The van der Waals surface area contributed by atoms with Gasteiger partial charge in [0.1, 0.15) is 24.6 Å². The molecule has 0 spiro atoms. The van der Waals surface area contributed by atoms with Gasteiger partial charge in [-0.25, -0.2) is 9.48 Å². The van der Waals surface area contributed by atoms with E-state index < -0.39 is 77.8 Å². The number of Topliss-reactive ketones (excluding diaryl/α,β-unsaturated/α-hetero) is 3. The van der Waals surface area contributed by atoms with Crippen LogP contribution in [0.1, 0.15) is 132 Å². The van der Waals surface area contributed by atoms with Crippen LogP contribution in [0.25, 0.3) is 0 Å². The fraction of sp³-hybridized carbons (Fsp3) is 0.731. The van der Waals surface area contributed by atoms with E-state index in [0.717, 1.165) is 18.4 Å². The summed E-state index contributed by atoms with van der Waals surface area (Å²) in [6.07, 6.45) is 14.0. The SMILES string of the molecule is COC1CC2CC[C@@H](C)[C@@](O)(O2)C(=O)C(=O)N2CCCC[C@H]2C(=O)OC(C(C)C[C@@H]2CC[C@H](n3cnnn3)[C@H](OC)C2)CC(=O)C(C)=CC(C)[C@@H](O)C(OC)C(=O)[C@H](C)CC(C)C=CC=CC=C1C. The number of rotatable bonds is 7. The van der Waals surface area contributed by atoms with Crippen LogP contribution in [0, 0.1) is 35.5 Å². The smallest absolute Gasteiger partial charge is 0.329 e. The van der Waals surface area contributed by atoms with Gasteiger partial charge < -0.3 is 38.8 Å². The van der Waals surface area contributed by atoms with Crippen molar-refractivity contribution in [1.29, 1.82) is 0 Å². The number of carbonyl (C=O) groups excluding carboxylic acids is 5. The molecule has 3 fully saturated rings. The topological polar surface area (TPSA) is 219 Å². The molecule has 2 saturated heterocycles. The van der Waals surface area contributed by atoms with Gasteiger partial charge in [0, 0.05) is 58.5 Å². The Morgan fingerprint density at radius 2 is 1.65 bits per heavy atom. The highest BCUT2D eigenvalue weighted by molar-refractivity contribution is 6.39. The van der Waals surface area contributed by atoms with Crippen molar-refractivity contribution in [2.75, 3.05) is 27.9 Å². The lowest BCUT2D eigenvalue weighted by molar-refractivity contribution is -0.265. The molecule has 1 aliphatic carbocycles. The van der Waals surface area contributed by atoms with Gasteiger partial charge in [-0.3, -0.25) is 19.2 Å². The van der Waals surface area contributed by atoms with E-state index in [1.165, 1.54) is 12.0 Å². The van der Waals surface area contributed by atoms with Crippen LogP contribution in [-0.4, -0.2) is 141 Å². The number of esters is 1. The van der Waals surface area contributed by atoms with Gasteiger partial charge in [0.2, 0.25) is 5.79 Å². The lowest BCUT2D eigenvalue weighted by Crippen LogP contribution is -2.61. The van der Waals surface area contributed by atoms with Crippen molar-refractivity contribution >= 4 is 29.2 Å². The van der Waals surface area contributed by atoms with Crippen molar-refractivity contribution in [2.45, 2.75) is 180 Å². The number of fused-ring (bicyclic) bond motifs is 3. The second-order valence-electron chi connectivity index (χ2n) is 20.4. The first-order chi connectivity index (χ1) is 32.8. The van der Waals surface area contributed by atoms with E-state index in [2.05, 4.69) is 15.5 Å². The summed E-state index contributed by atoms with van der Waals surface area (Å²) in [6.45, 7) is 12.8. The Labute approximate surface area is 408 Å². The Bertz CT molecular complexity index is 2020. The number of aliphatic hydroxyl groups excluding tert-OH is 1. The van der Waals surface area contributed by atoms with E-state index in [9.17, 15) is 34.2 Å². The minimum Gasteiger partial charge on any atom is -0.460 e. The molecule has 1 aromatic rings. The van der Waals surface area contributed by atoms with Crippen molar-refractivity contribution in [2.24, 2.45) is 35.5 Å². The summed E-state index contributed by atoms with van der Waals surface area (Å²) in [7, 11) is 4.63. The number of hydrogen-bond acceptors (Lipinski definition) is 15. The summed E-state index contributed by atoms with van der Waals surface area (Å²) in [5.74, 6) is -7.89. The maximum Gasteiger partial charge on any atom is 0.329 e. The summed E-state index contributed by atoms with van der Waals surface area (Å²) in [5, 5.41) is 35.2. The average Bonchev–Trinajstić information content (AvgIpc) is 3.88. The van der Waals surface area contributed by atoms with Crippen LogP contribution >= 0.6 is 0 Å². The molecule has 3 aliphatic heterocycles. The minimum atomic E-state index is -2.43. The van der Waals surface area contributed by atoms with E-state index in [1.807, 2.05) is 58.1 Å². The number of aliphatic hydroxyl groups is 2. The zero-order chi connectivity index (χ0) is 50.6. The highest BCUT2D eigenvalue weighted by Crippen LogP contribution is 2.39. The number of cyclic esters (lactones) is 1. The molecule has 4 heterocycles. The number of methoxy groups -OCH3 is 3. The third kappa shape index (κ3) is 14.2. The number of amides is 1. The van der Waals surface area contributed by atoms with Crippen LogP contribution in [0.4, 0.5) is 0 Å². The Morgan fingerprint density at radius 3 is 2.33 bits per heavy atom. The number of aromatic nitrogens is 4. The predicted molar refractivity (Wildman–Crippen MR) is 256 cm³/mol. The summed E-state index contributed by atoms with van der Waals surface area (Å²) in [4.78, 5) is 72.3. The molecule has 7 unspecified atom stereocenters. The molecule has 5 rings (SSSR count). The number of tetrazole rings is 1. The molecule has 2 N–H and O–H groups in total. The van der Waals surface area contributed by atoms with Gasteiger partial charge in [0.05, 0.1) is 30.5 Å². The normalized spacial score (nSPS) is 36.3. The molecule has 4 aliphatic rings. The summed E-state index contributed by atoms with van der Waals surface area (Å²) in [5.41, 5.74) is 1.20. The van der Waals surface area contributed by atoms with E-state index in [4.69, 9.17) is 23.7 Å². The van der Waals surface area contributed by atoms with E-state index in [1.54, 1.807) is 52.1 Å². The molecule has 1 aromatic heterocycles. The molecule has 0 aromatic carbocycles. The highest BCUT2D eigenvalue weighted by Gasteiger charge is 2.53. The molecule has 1 saturated carbocycles. The van der Waals surface area contributed by atoms with Gasteiger partial charge in [-0.1, -0.05) is 71.1 Å². The van der Waals surface area contributed by atoms with Gasteiger partial charge >= 0.3 is 5.97 Å². The van der Waals surface area contributed by atoms with Crippen LogP contribution in [0.3, 0.4) is 0 Å². The van der Waals surface area contributed by atoms with Gasteiger partial charge in [-0.2, -0.15) is 0 Å². The fourth-order valence-electron chi connectivity index (χ4n) is 10.8. The Hall–Kier alpha value is -4.26. The third-order valence-corrected chi connectivity index (χ3v) is 15.2. The van der Waals surface area contributed by atoms with Crippen molar-refractivity contribution in [3.8, 4) is 0 Å². The summed E-state index contributed by atoms with van der Waals surface area (Å²) >= 11 is 0. The standard InChI is InChI=1S/C52H79N5O12/c1-31-16-12-11-13-17-32(2)43(65-8)28-39-21-19-37(7)52(64,69-39)49(61)50(62)56-23-15-14-18-41(56)51(63)68-44(34(4)26-38-20-22-40(45(27-38)66-9)57-30-53-54-55-57)29-42(58)33(3)25-36(6)47(60)48(67-10)46(59)35(5)24-31/h11-13,16-17,25,30-31,34-41,43-45,47-48,60,64H,14-15,18-24,26-29H2,1-10H3/t31?,34?,35-,36?,37-,38+,39?,40+,41+,43?,44?,45-,47-,48?,52-/m1/s1. The van der Waals surface area contributed by atoms with E-state index in [-0.39, 0.29) is 60.9 Å². The maximum atomic E-state index is 14.5. The Kier molecular flexibility index (Phi) is 20.8. The maximum absolute atomic E-state index is 14.5. The minimum absolute atomic E-state index is 0.0197. The second-order valence-corrected chi connectivity index (χ2v) is 20.4. The van der Waals surface area contributed by atoms with Crippen LogP contribution < -0.4 is 0 Å². The third-order valence-electron chi connectivity index (χ3n) is 15.2. The molecule has 15 atom stereocenters.